The van der Waals surface area contributed by atoms with Gasteiger partial charge in [-0.15, -0.1) is 0 Å². The first-order chi connectivity index (χ1) is 12.7. The molecule has 0 saturated heterocycles. The molecule has 0 radical (unpaired) electrons. The number of benzene rings is 2. The van der Waals surface area contributed by atoms with Crippen LogP contribution in [-0.2, 0) is 0 Å². The first-order valence-electron chi connectivity index (χ1n) is 8.36. The number of hydrogen-bond donors (Lipinski definition) is 2. The van der Waals surface area contributed by atoms with E-state index >= 15 is 0 Å². The Morgan fingerprint density at radius 1 is 0.923 bits per heavy atom. The van der Waals surface area contributed by atoms with Gasteiger partial charge in [-0.1, -0.05) is 30.3 Å². The normalized spacial score (nSPS) is 10.7. The molecule has 2 aromatic heterocycles. The number of aryl methyl sites for hydroxylation is 1. The van der Waals surface area contributed by atoms with Gasteiger partial charge in [0.05, 0.1) is 5.69 Å². The number of imidazole rings is 1. The van der Waals surface area contributed by atoms with E-state index in [1.165, 1.54) is 5.56 Å². The number of fused-ring (bicyclic) bond motifs is 1. The second-order valence-corrected chi connectivity index (χ2v) is 6.12. The zero-order valence-electron chi connectivity index (χ0n) is 14.3. The zero-order valence-corrected chi connectivity index (χ0v) is 14.3. The van der Waals surface area contributed by atoms with Crippen LogP contribution in [0, 0.1) is 6.92 Å². The van der Waals surface area contributed by atoms with Gasteiger partial charge in [0.2, 0.25) is 0 Å². The topological polar surface area (TPSA) is 58.4 Å². The molecule has 0 bridgehead atoms. The van der Waals surface area contributed by atoms with Gasteiger partial charge in [0.25, 0.3) is 0 Å². The maximum absolute atomic E-state index is 12.2. The van der Waals surface area contributed by atoms with E-state index in [0.29, 0.717) is 5.69 Å². The van der Waals surface area contributed by atoms with Gasteiger partial charge in [-0.3, -0.25) is 0 Å². The van der Waals surface area contributed by atoms with Crippen LogP contribution >= 0.6 is 0 Å². The van der Waals surface area contributed by atoms with Crippen molar-refractivity contribution in [3.05, 3.63) is 84.7 Å². The Kier molecular flexibility index (Phi) is 4.11. The Morgan fingerprint density at radius 3 is 2.54 bits per heavy atom. The van der Waals surface area contributed by atoms with E-state index in [4.69, 9.17) is 0 Å². The van der Waals surface area contributed by atoms with Crippen molar-refractivity contribution in [2.75, 3.05) is 10.6 Å². The van der Waals surface area contributed by atoms with E-state index in [-0.39, 0.29) is 6.03 Å². The van der Waals surface area contributed by atoms with Gasteiger partial charge in [0.15, 0.2) is 0 Å². The number of carbonyl (C=O) groups is 1. The molecule has 4 aromatic rings. The van der Waals surface area contributed by atoms with Crippen LogP contribution in [0.3, 0.4) is 0 Å². The van der Waals surface area contributed by atoms with Crippen molar-refractivity contribution in [2.45, 2.75) is 6.92 Å². The summed E-state index contributed by atoms with van der Waals surface area (Å²) in [5.74, 6) is 0. The number of carbonyl (C=O) groups excluding carboxylic acids is 1. The van der Waals surface area contributed by atoms with Crippen LogP contribution < -0.4 is 10.6 Å². The Bertz CT molecular complexity index is 1070. The monoisotopic (exact) mass is 342 g/mol. The molecule has 2 N–H and O–H groups in total. The van der Waals surface area contributed by atoms with Crippen LogP contribution in [0.1, 0.15) is 5.56 Å². The fourth-order valence-electron chi connectivity index (χ4n) is 2.79. The third kappa shape index (κ3) is 3.42. The number of nitrogens with one attached hydrogen (secondary N) is 2. The molecule has 2 heterocycles. The van der Waals surface area contributed by atoms with Gasteiger partial charge >= 0.3 is 6.03 Å². The summed E-state index contributed by atoms with van der Waals surface area (Å²) < 4.78 is 1.99. The molecule has 0 aliphatic heterocycles. The predicted octanol–water partition coefficient (Wildman–Crippen LogP) is 4.95. The number of aromatic nitrogens is 2. The van der Waals surface area contributed by atoms with Crippen molar-refractivity contribution < 1.29 is 4.79 Å². The Morgan fingerprint density at radius 2 is 1.69 bits per heavy atom. The maximum Gasteiger partial charge on any atom is 0.323 e. The van der Waals surface area contributed by atoms with Gasteiger partial charge in [-0.05, 0) is 48.9 Å². The van der Waals surface area contributed by atoms with Gasteiger partial charge in [0.1, 0.15) is 5.65 Å². The summed E-state index contributed by atoms with van der Waals surface area (Å²) in [6, 6.07) is 20.8. The lowest BCUT2D eigenvalue weighted by atomic mass is 10.1. The van der Waals surface area contributed by atoms with Gasteiger partial charge in [-0.25, -0.2) is 9.78 Å². The van der Waals surface area contributed by atoms with Crippen LogP contribution in [0.25, 0.3) is 16.9 Å². The molecule has 2 amide bonds. The number of pyridine rings is 1. The highest BCUT2D eigenvalue weighted by atomic mass is 16.2. The number of urea groups is 1. The quantitative estimate of drug-likeness (QED) is 0.553. The lowest BCUT2D eigenvalue weighted by Gasteiger charge is -2.08. The van der Waals surface area contributed by atoms with Crippen molar-refractivity contribution >= 4 is 23.1 Å². The molecule has 5 heteroatoms. The summed E-state index contributed by atoms with van der Waals surface area (Å²) in [4.78, 5) is 16.8. The minimum Gasteiger partial charge on any atom is -0.308 e. The summed E-state index contributed by atoms with van der Waals surface area (Å²) in [7, 11) is 0. The molecule has 26 heavy (non-hydrogen) atoms. The molecule has 0 saturated carbocycles. The first-order valence-corrected chi connectivity index (χ1v) is 8.36. The van der Waals surface area contributed by atoms with Crippen molar-refractivity contribution in [3.8, 4) is 11.3 Å². The molecular formula is C21H18N4O. The minimum atomic E-state index is -0.279. The molecule has 4 rings (SSSR count). The average molecular weight is 342 g/mol. The van der Waals surface area contributed by atoms with Gasteiger partial charge < -0.3 is 15.0 Å². The minimum absolute atomic E-state index is 0.279. The smallest absolute Gasteiger partial charge is 0.308 e. The molecule has 0 fully saturated rings. The summed E-state index contributed by atoms with van der Waals surface area (Å²) in [6.07, 6.45) is 3.98. The Balaban J connectivity index is 1.55. The fourth-order valence-corrected chi connectivity index (χ4v) is 2.79. The van der Waals surface area contributed by atoms with E-state index in [1.807, 2.05) is 90.4 Å². The van der Waals surface area contributed by atoms with E-state index < -0.39 is 0 Å². The number of anilines is 2. The largest absolute Gasteiger partial charge is 0.323 e. The van der Waals surface area contributed by atoms with Crippen LogP contribution in [0.4, 0.5) is 16.2 Å². The number of para-hydroxylation sites is 1. The van der Waals surface area contributed by atoms with E-state index in [9.17, 15) is 4.79 Å². The highest BCUT2D eigenvalue weighted by Gasteiger charge is 2.07. The maximum atomic E-state index is 12.2. The van der Waals surface area contributed by atoms with Crippen molar-refractivity contribution in [1.82, 2.24) is 9.38 Å². The van der Waals surface area contributed by atoms with Crippen molar-refractivity contribution in [2.24, 2.45) is 0 Å². The number of rotatable bonds is 3. The highest BCUT2D eigenvalue weighted by molar-refractivity contribution is 6.00. The van der Waals surface area contributed by atoms with Crippen LogP contribution in [0.2, 0.25) is 0 Å². The van der Waals surface area contributed by atoms with Crippen LogP contribution in [0.5, 0.6) is 0 Å². The first kappa shape index (κ1) is 15.9. The lowest BCUT2D eigenvalue weighted by molar-refractivity contribution is 0.262. The molecule has 0 spiro atoms. The number of nitrogens with zero attached hydrogens (tertiary/aromatic N) is 2. The van der Waals surface area contributed by atoms with Crippen LogP contribution in [0.15, 0.2) is 79.1 Å². The fraction of sp³-hybridized carbons (Fsp3) is 0.0476. The Labute approximate surface area is 151 Å². The summed E-state index contributed by atoms with van der Waals surface area (Å²) in [6.45, 7) is 2.05. The van der Waals surface area contributed by atoms with Crippen molar-refractivity contribution in [3.63, 3.8) is 0 Å². The molecule has 128 valence electrons. The summed E-state index contributed by atoms with van der Waals surface area (Å²) >= 11 is 0. The summed E-state index contributed by atoms with van der Waals surface area (Å²) in [5.41, 5.74) is 5.34. The summed E-state index contributed by atoms with van der Waals surface area (Å²) in [5, 5.41) is 5.67. The van der Waals surface area contributed by atoms with Gasteiger partial charge in [0, 0.05) is 29.3 Å². The second kappa shape index (κ2) is 6.72. The number of hydrogen-bond acceptors (Lipinski definition) is 2. The van der Waals surface area contributed by atoms with E-state index in [1.54, 1.807) is 0 Å². The molecule has 0 aliphatic rings. The predicted molar refractivity (Wildman–Crippen MR) is 104 cm³/mol. The number of amides is 2. The molecule has 2 aromatic carbocycles. The lowest BCUT2D eigenvalue weighted by Crippen LogP contribution is -2.19. The Hall–Kier alpha value is -3.60. The molecule has 5 nitrogen and oxygen atoms in total. The SMILES string of the molecule is Cc1ccn2cc(-c3cccc(NC(=O)Nc4ccccc4)c3)nc2c1. The standard InChI is InChI=1S/C21H18N4O/c1-15-10-11-25-14-19(24-20(25)12-15)16-6-5-9-18(13-16)23-21(26)22-17-7-3-2-4-8-17/h2-14H,1H3,(H2,22,23,26). The second-order valence-electron chi connectivity index (χ2n) is 6.12. The van der Waals surface area contributed by atoms with E-state index in [2.05, 4.69) is 15.6 Å². The van der Waals surface area contributed by atoms with Crippen LogP contribution in [-0.4, -0.2) is 15.4 Å². The zero-order chi connectivity index (χ0) is 17.9. The highest BCUT2D eigenvalue weighted by Crippen LogP contribution is 2.23. The van der Waals surface area contributed by atoms with E-state index in [0.717, 1.165) is 22.6 Å². The molecule has 0 atom stereocenters. The third-order valence-corrected chi connectivity index (χ3v) is 4.06. The molecule has 0 unspecified atom stereocenters. The van der Waals surface area contributed by atoms with Gasteiger partial charge in [-0.2, -0.15) is 0 Å². The average Bonchev–Trinajstić information content (AvgIpc) is 3.06. The molecular weight excluding hydrogens is 324 g/mol. The molecule has 0 aliphatic carbocycles. The van der Waals surface area contributed by atoms with Crippen molar-refractivity contribution in [1.29, 1.82) is 0 Å². The third-order valence-electron chi connectivity index (χ3n) is 4.06.